The number of hydrogen-bond acceptors (Lipinski definition) is 6. The number of hydrogen-bond donors (Lipinski definition) is 0. The Morgan fingerprint density at radius 2 is 1.09 bits per heavy atom. The average molecular weight is 445 g/mol. The monoisotopic (exact) mass is 444 g/mol. The van der Waals surface area contributed by atoms with Gasteiger partial charge in [0.05, 0.1) is 25.6 Å². The van der Waals surface area contributed by atoms with Gasteiger partial charge in [-0.05, 0) is 37.1 Å². The number of aromatic nitrogens is 2. The summed E-state index contributed by atoms with van der Waals surface area (Å²) >= 11 is 0. The SMILES string of the molecule is CCCCCCOCCOc1ccc(-c2ncc(OCCOCCCCCC)cn2)cc1. The molecular weight excluding hydrogens is 404 g/mol. The third-order valence-electron chi connectivity index (χ3n) is 5.02. The van der Waals surface area contributed by atoms with Gasteiger partial charge in [-0.15, -0.1) is 0 Å². The molecule has 0 bridgehead atoms. The van der Waals surface area contributed by atoms with Gasteiger partial charge in [0.15, 0.2) is 11.6 Å². The molecule has 2 rings (SSSR count). The lowest BCUT2D eigenvalue weighted by atomic mass is 10.2. The Kier molecular flexibility index (Phi) is 14.2. The fourth-order valence-corrected chi connectivity index (χ4v) is 3.14. The molecule has 0 fully saturated rings. The lowest BCUT2D eigenvalue weighted by Crippen LogP contribution is -2.08. The summed E-state index contributed by atoms with van der Waals surface area (Å²) in [7, 11) is 0. The van der Waals surface area contributed by atoms with E-state index in [1.807, 2.05) is 24.3 Å². The first kappa shape index (κ1) is 26.1. The van der Waals surface area contributed by atoms with E-state index in [-0.39, 0.29) is 0 Å². The standard InChI is InChI=1S/C26H40N2O4/c1-3-5-7-9-15-29-17-19-31-24-13-11-23(12-14-24)26-27-21-25(22-28-26)32-20-18-30-16-10-8-6-4-2/h11-14,21-22H,3-10,15-20H2,1-2H3. The Morgan fingerprint density at radius 1 is 0.562 bits per heavy atom. The Balaban J connectivity index is 1.61. The molecule has 1 aromatic carbocycles. The number of rotatable bonds is 19. The van der Waals surface area contributed by atoms with Gasteiger partial charge in [-0.2, -0.15) is 0 Å². The van der Waals surface area contributed by atoms with E-state index in [0.717, 1.165) is 37.4 Å². The highest BCUT2D eigenvalue weighted by Gasteiger charge is 2.03. The highest BCUT2D eigenvalue weighted by atomic mass is 16.5. The molecule has 0 saturated carbocycles. The van der Waals surface area contributed by atoms with Gasteiger partial charge in [-0.25, -0.2) is 9.97 Å². The quantitative estimate of drug-likeness (QED) is 0.244. The Labute approximate surface area is 193 Å². The van der Waals surface area contributed by atoms with E-state index in [9.17, 15) is 0 Å². The molecule has 2 aromatic rings. The van der Waals surface area contributed by atoms with E-state index in [0.29, 0.717) is 38.0 Å². The minimum atomic E-state index is 0.505. The zero-order valence-electron chi connectivity index (χ0n) is 19.9. The first-order valence-corrected chi connectivity index (χ1v) is 12.2. The number of unbranched alkanes of at least 4 members (excludes halogenated alkanes) is 6. The van der Waals surface area contributed by atoms with E-state index in [1.165, 1.54) is 38.5 Å². The summed E-state index contributed by atoms with van der Waals surface area (Å²) in [5.41, 5.74) is 0.937. The minimum absolute atomic E-state index is 0.505. The van der Waals surface area contributed by atoms with Crippen molar-refractivity contribution >= 4 is 0 Å². The molecule has 6 nitrogen and oxygen atoms in total. The average Bonchev–Trinajstić information content (AvgIpc) is 2.83. The molecular formula is C26H40N2O4. The maximum Gasteiger partial charge on any atom is 0.159 e. The van der Waals surface area contributed by atoms with Crippen LogP contribution in [0.25, 0.3) is 11.4 Å². The van der Waals surface area contributed by atoms with Crippen LogP contribution in [0, 0.1) is 0 Å². The molecule has 0 saturated heterocycles. The predicted molar refractivity (Wildman–Crippen MR) is 128 cm³/mol. The number of nitrogens with zero attached hydrogens (tertiary/aromatic N) is 2. The van der Waals surface area contributed by atoms with Crippen LogP contribution in [0.5, 0.6) is 11.5 Å². The summed E-state index contributed by atoms with van der Waals surface area (Å²) in [5.74, 6) is 2.13. The van der Waals surface area contributed by atoms with Crippen LogP contribution in [-0.2, 0) is 9.47 Å². The third-order valence-corrected chi connectivity index (χ3v) is 5.02. The smallest absolute Gasteiger partial charge is 0.159 e. The zero-order valence-corrected chi connectivity index (χ0v) is 19.9. The van der Waals surface area contributed by atoms with Gasteiger partial charge < -0.3 is 18.9 Å². The zero-order chi connectivity index (χ0) is 22.7. The van der Waals surface area contributed by atoms with E-state index < -0.39 is 0 Å². The van der Waals surface area contributed by atoms with Gasteiger partial charge in [0.1, 0.15) is 19.0 Å². The summed E-state index contributed by atoms with van der Waals surface area (Å²) in [5, 5.41) is 0. The summed E-state index contributed by atoms with van der Waals surface area (Å²) in [6.45, 7) is 8.28. The normalized spacial score (nSPS) is 10.9. The maximum atomic E-state index is 5.74. The molecule has 0 unspecified atom stereocenters. The van der Waals surface area contributed by atoms with Crippen LogP contribution in [0.15, 0.2) is 36.7 Å². The first-order valence-electron chi connectivity index (χ1n) is 12.2. The molecule has 0 N–H and O–H groups in total. The second kappa shape index (κ2) is 17.4. The lowest BCUT2D eigenvalue weighted by molar-refractivity contribution is 0.0969. The van der Waals surface area contributed by atoms with Crippen molar-refractivity contribution < 1.29 is 18.9 Å². The van der Waals surface area contributed by atoms with Crippen LogP contribution in [0.3, 0.4) is 0 Å². The molecule has 0 radical (unpaired) electrons. The molecule has 0 aliphatic heterocycles. The second-order valence-corrected chi connectivity index (χ2v) is 7.81. The largest absolute Gasteiger partial charge is 0.491 e. The fraction of sp³-hybridized carbons (Fsp3) is 0.615. The van der Waals surface area contributed by atoms with Crippen molar-refractivity contribution in [2.75, 3.05) is 39.6 Å². The minimum Gasteiger partial charge on any atom is -0.491 e. The number of benzene rings is 1. The number of ether oxygens (including phenoxy) is 4. The molecule has 32 heavy (non-hydrogen) atoms. The van der Waals surface area contributed by atoms with E-state index in [1.54, 1.807) is 12.4 Å². The highest BCUT2D eigenvalue weighted by molar-refractivity contribution is 5.56. The summed E-state index contributed by atoms with van der Waals surface area (Å²) in [6.07, 6.45) is 13.1. The van der Waals surface area contributed by atoms with Crippen molar-refractivity contribution in [3.63, 3.8) is 0 Å². The molecule has 0 aliphatic rings. The van der Waals surface area contributed by atoms with Gasteiger partial charge in [0.25, 0.3) is 0 Å². The molecule has 1 aromatic heterocycles. The first-order chi connectivity index (χ1) is 15.8. The predicted octanol–water partition coefficient (Wildman–Crippen LogP) is 6.10. The van der Waals surface area contributed by atoms with E-state index in [2.05, 4.69) is 23.8 Å². The van der Waals surface area contributed by atoms with Gasteiger partial charge >= 0.3 is 0 Å². The van der Waals surface area contributed by atoms with Crippen LogP contribution < -0.4 is 9.47 Å². The van der Waals surface area contributed by atoms with Crippen molar-refractivity contribution in [2.45, 2.75) is 65.2 Å². The summed E-state index contributed by atoms with van der Waals surface area (Å²) < 4.78 is 22.6. The molecule has 6 heteroatoms. The topological polar surface area (TPSA) is 62.7 Å². The van der Waals surface area contributed by atoms with Crippen LogP contribution in [-0.4, -0.2) is 49.6 Å². The second-order valence-electron chi connectivity index (χ2n) is 7.81. The van der Waals surface area contributed by atoms with Crippen molar-refractivity contribution in [1.29, 1.82) is 0 Å². The van der Waals surface area contributed by atoms with Gasteiger partial charge in [-0.3, -0.25) is 0 Å². The van der Waals surface area contributed by atoms with E-state index >= 15 is 0 Å². The van der Waals surface area contributed by atoms with Crippen molar-refractivity contribution in [2.24, 2.45) is 0 Å². The Morgan fingerprint density at radius 3 is 1.62 bits per heavy atom. The van der Waals surface area contributed by atoms with Crippen molar-refractivity contribution in [1.82, 2.24) is 9.97 Å². The van der Waals surface area contributed by atoms with Crippen molar-refractivity contribution in [3.05, 3.63) is 36.7 Å². The fourth-order valence-electron chi connectivity index (χ4n) is 3.14. The van der Waals surface area contributed by atoms with Gasteiger partial charge in [0.2, 0.25) is 0 Å². The Bertz CT molecular complexity index is 630. The van der Waals surface area contributed by atoms with Crippen LogP contribution in [0.1, 0.15) is 65.2 Å². The molecule has 0 amide bonds. The van der Waals surface area contributed by atoms with Crippen LogP contribution in [0.4, 0.5) is 0 Å². The lowest BCUT2D eigenvalue weighted by Gasteiger charge is -2.09. The molecule has 1 heterocycles. The van der Waals surface area contributed by atoms with E-state index in [4.69, 9.17) is 18.9 Å². The van der Waals surface area contributed by atoms with Crippen molar-refractivity contribution in [3.8, 4) is 22.9 Å². The summed E-state index contributed by atoms with van der Waals surface area (Å²) in [4.78, 5) is 8.81. The van der Waals surface area contributed by atoms with Crippen LogP contribution in [0.2, 0.25) is 0 Å². The molecule has 0 aliphatic carbocycles. The third kappa shape index (κ3) is 11.4. The van der Waals surface area contributed by atoms with Gasteiger partial charge in [0, 0.05) is 18.8 Å². The van der Waals surface area contributed by atoms with Crippen LogP contribution >= 0.6 is 0 Å². The molecule has 0 atom stereocenters. The highest BCUT2D eigenvalue weighted by Crippen LogP contribution is 2.20. The van der Waals surface area contributed by atoms with Gasteiger partial charge in [-0.1, -0.05) is 52.4 Å². The maximum absolute atomic E-state index is 5.74. The summed E-state index contributed by atoms with van der Waals surface area (Å²) in [6, 6.07) is 7.79. The molecule has 178 valence electrons. The molecule has 0 spiro atoms. The Hall–Kier alpha value is -2.18.